The van der Waals surface area contributed by atoms with E-state index in [0.29, 0.717) is 0 Å². The Bertz CT molecular complexity index is 11.6. The fraction of sp³-hybridized carbons (Fsp3) is 1.00. The summed E-state index contributed by atoms with van der Waals surface area (Å²) < 4.78 is 0. The fourth-order valence-electron chi connectivity index (χ4n) is 0. The summed E-state index contributed by atoms with van der Waals surface area (Å²) in [5, 5.41) is 0. The number of rotatable bonds is 0. The van der Waals surface area contributed by atoms with Gasteiger partial charge in [-0.1, -0.05) is 0 Å². The molecule has 0 saturated heterocycles. The quantitative estimate of drug-likeness (QED) is 0.217. The first kappa shape index (κ1) is 8.88. The number of hydrogen-bond acceptors (Lipinski definition) is 0. The van der Waals surface area contributed by atoms with Crippen LogP contribution < -0.4 is 18.9 Å². The molecule has 0 fully saturated rings. The van der Waals surface area contributed by atoms with E-state index in [-0.39, 0.29) is 26.1 Å². The van der Waals surface area contributed by atoms with Gasteiger partial charge in [0.05, 0.1) is 7.85 Å². The zero-order chi connectivity index (χ0) is 2.71. The number of hydrogen-bond donors (Lipinski definition) is 0. The Hall–Kier alpha value is 0.952. The van der Waals surface area contributed by atoms with Gasteiger partial charge in [0.2, 0.25) is 0 Å². The van der Waals surface area contributed by atoms with Crippen LogP contribution in [0.3, 0.4) is 0 Å². The Morgan fingerprint density at radius 3 is 2.00 bits per heavy atom. The first-order valence-electron chi connectivity index (χ1n) is 0.676. The molecular weight excluding hydrogens is 65.2 g/mol. The van der Waals surface area contributed by atoms with Crippen molar-refractivity contribution in [2.45, 2.75) is 0 Å². The van der Waals surface area contributed by atoms with Crippen LogP contribution in [0.15, 0.2) is 0 Å². The van der Waals surface area contributed by atoms with Gasteiger partial charge in [-0.3, -0.25) is 0 Å². The molecule has 0 N–H and O–H groups in total. The molecule has 18 valence electrons. The zero-order valence-electron chi connectivity index (χ0n) is 3.66. The molecule has 0 aromatic rings. The Kier molecular flexibility index (Phi) is 20.1. The Morgan fingerprint density at radius 2 is 2.00 bits per heavy atom. The smallest absolute Gasteiger partial charge is 1.00 e. The molecule has 0 aliphatic carbocycles. The van der Waals surface area contributed by atoms with Gasteiger partial charge in [-0.2, -0.15) is 0 Å². The summed E-state index contributed by atoms with van der Waals surface area (Å²) in [5.41, 5.74) is 0. The Labute approximate surface area is 46.0 Å². The standard InChI is InChI=1S/CH2BCl.Li.H/c2-1-3;;/h1H2;;/q;+1;-1. The largest absolute Gasteiger partial charge is 1.00 e. The molecule has 0 rings (SSSR count). The van der Waals surface area contributed by atoms with Gasteiger partial charge in [0.15, 0.2) is 0 Å². The second-order valence-corrected chi connectivity index (χ2v) is 0.463. The van der Waals surface area contributed by atoms with Crippen LogP contribution in [-0.2, 0) is 0 Å². The average molecular weight is 68.2 g/mol. The van der Waals surface area contributed by atoms with Gasteiger partial charge in [-0.15, -0.1) is 11.6 Å². The molecule has 0 aromatic heterocycles. The van der Waals surface area contributed by atoms with E-state index in [2.05, 4.69) is 7.85 Å². The molecule has 0 aliphatic heterocycles. The average Bonchev–Trinajstić information content (AvgIpc) is 0.918. The van der Waals surface area contributed by atoms with E-state index >= 15 is 0 Å². The van der Waals surface area contributed by atoms with Gasteiger partial charge in [-0.25, -0.2) is 0 Å². The molecule has 0 aromatic carbocycles. The van der Waals surface area contributed by atoms with E-state index in [1.54, 1.807) is 0 Å². The molecule has 0 heterocycles. The number of alkyl halides is 1. The molecular formula is CH3BClLi. The van der Waals surface area contributed by atoms with Crippen molar-refractivity contribution in [1.29, 1.82) is 0 Å². The second-order valence-electron chi connectivity index (χ2n) is 0.154. The molecule has 0 unspecified atom stereocenters. The maximum Gasteiger partial charge on any atom is 1.00 e. The van der Waals surface area contributed by atoms with Crippen LogP contribution in [0.2, 0.25) is 0 Å². The first-order valence-corrected chi connectivity index (χ1v) is 1.21. The second kappa shape index (κ2) is 9.04. The summed E-state index contributed by atoms with van der Waals surface area (Å²) in [4.78, 5) is 0. The van der Waals surface area contributed by atoms with Crippen molar-refractivity contribution >= 4 is 19.4 Å². The van der Waals surface area contributed by atoms with E-state index in [0.717, 1.165) is 0 Å². The molecule has 2 radical (unpaired) electrons. The van der Waals surface area contributed by atoms with Gasteiger partial charge in [0, 0.05) is 0 Å². The molecule has 0 atom stereocenters. The number of halogens is 1. The van der Waals surface area contributed by atoms with Crippen LogP contribution in [0.25, 0.3) is 0 Å². The maximum absolute atomic E-state index is 4.78. The predicted octanol–water partition coefficient (Wildman–Crippen LogP) is -2.53. The van der Waals surface area contributed by atoms with Gasteiger partial charge in [-0.05, 0) is 5.78 Å². The van der Waals surface area contributed by atoms with Gasteiger partial charge < -0.3 is 1.43 Å². The monoisotopic (exact) mass is 68.0 g/mol. The van der Waals surface area contributed by atoms with Crippen molar-refractivity contribution in [2.75, 3.05) is 5.78 Å². The van der Waals surface area contributed by atoms with Crippen LogP contribution in [-0.4, -0.2) is 13.6 Å². The van der Waals surface area contributed by atoms with Crippen LogP contribution in [0, 0.1) is 0 Å². The normalized spacial score (nSPS) is 4.25. The van der Waals surface area contributed by atoms with E-state index in [1.807, 2.05) is 0 Å². The molecule has 0 amide bonds. The van der Waals surface area contributed by atoms with Crippen molar-refractivity contribution in [3.63, 3.8) is 0 Å². The van der Waals surface area contributed by atoms with Crippen LogP contribution in [0.5, 0.6) is 0 Å². The Morgan fingerprint density at radius 1 is 2.00 bits per heavy atom. The van der Waals surface area contributed by atoms with Gasteiger partial charge in [0.25, 0.3) is 0 Å². The minimum Gasteiger partial charge on any atom is -1.00 e. The molecule has 3 heteroatoms. The summed E-state index contributed by atoms with van der Waals surface area (Å²) in [6.07, 6.45) is 0. The van der Waals surface area contributed by atoms with Crippen molar-refractivity contribution in [2.24, 2.45) is 0 Å². The molecule has 0 bridgehead atoms. The first-order chi connectivity index (χ1) is 1.41. The topological polar surface area (TPSA) is 0 Å². The molecule has 0 spiro atoms. The van der Waals surface area contributed by atoms with E-state index < -0.39 is 0 Å². The molecule has 0 saturated carbocycles. The Balaban J connectivity index is -0.0000000200. The van der Waals surface area contributed by atoms with Gasteiger partial charge in [0.1, 0.15) is 0 Å². The van der Waals surface area contributed by atoms with Crippen LogP contribution in [0.1, 0.15) is 1.43 Å². The van der Waals surface area contributed by atoms with Crippen molar-refractivity contribution in [3.8, 4) is 0 Å². The van der Waals surface area contributed by atoms with Crippen molar-refractivity contribution in [1.82, 2.24) is 0 Å². The van der Waals surface area contributed by atoms with Crippen molar-refractivity contribution < 1.29 is 20.3 Å². The third-order valence-electron chi connectivity index (χ3n) is 0. The summed E-state index contributed by atoms with van der Waals surface area (Å²) in [6.45, 7) is 0. The summed E-state index contributed by atoms with van der Waals surface area (Å²) >= 11 is 4.78. The third-order valence-corrected chi connectivity index (χ3v) is 0. The molecule has 0 aliphatic rings. The van der Waals surface area contributed by atoms with Crippen molar-refractivity contribution in [3.05, 3.63) is 0 Å². The zero-order valence-corrected chi connectivity index (χ0v) is 3.42. The minimum absolute atomic E-state index is 0. The molecule has 0 nitrogen and oxygen atoms in total. The third kappa shape index (κ3) is 12.4. The SMILES string of the molecule is [B]CCl.[H-].[Li+]. The predicted molar refractivity (Wildman–Crippen MR) is 17.6 cm³/mol. The van der Waals surface area contributed by atoms with Crippen LogP contribution >= 0.6 is 11.6 Å². The molecule has 4 heavy (non-hydrogen) atoms. The summed E-state index contributed by atoms with van der Waals surface area (Å²) in [7, 11) is 4.61. The summed E-state index contributed by atoms with van der Waals surface area (Å²) in [5.74, 6) is 0.222. The van der Waals surface area contributed by atoms with E-state index in [4.69, 9.17) is 11.6 Å². The summed E-state index contributed by atoms with van der Waals surface area (Å²) in [6, 6.07) is 0. The van der Waals surface area contributed by atoms with Gasteiger partial charge >= 0.3 is 18.9 Å². The maximum atomic E-state index is 4.78. The minimum atomic E-state index is 0. The van der Waals surface area contributed by atoms with Crippen LogP contribution in [0.4, 0.5) is 0 Å². The fourth-order valence-corrected chi connectivity index (χ4v) is 0. The van der Waals surface area contributed by atoms with E-state index in [1.165, 1.54) is 0 Å². The van der Waals surface area contributed by atoms with E-state index in [9.17, 15) is 0 Å².